The number of rotatable bonds is 9. The highest BCUT2D eigenvalue weighted by atomic mass is 16.5. The minimum Gasteiger partial charge on any atom is -0.489 e. The number of anilines is 2. The first-order chi connectivity index (χ1) is 18.1. The lowest BCUT2D eigenvalue weighted by Crippen LogP contribution is -2.33. The third-order valence-electron chi connectivity index (χ3n) is 5.73. The van der Waals surface area contributed by atoms with Gasteiger partial charge in [-0.1, -0.05) is 30.3 Å². The molecule has 5 rings (SSSR count). The molecule has 3 heterocycles. The van der Waals surface area contributed by atoms with Crippen molar-refractivity contribution in [1.82, 2.24) is 15.0 Å². The molecule has 0 amide bonds. The summed E-state index contributed by atoms with van der Waals surface area (Å²) in [5, 5.41) is 4.12. The number of hydrogen-bond acceptors (Lipinski definition) is 9. The number of methoxy groups -OCH3 is 1. The van der Waals surface area contributed by atoms with Crippen LogP contribution < -0.4 is 15.8 Å². The number of esters is 1. The van der Waals surface area contributed by atoms with Gasteiger partial charge in [0.2, 0.25) is 0 Å². The number of furan rings is 1. The molecule has 1 atom stereocenters. The number of aromatic nitrogens is 3. The Morgan fingerprint density at radius 3 is 2.62 bits per heavy atom. The second-order valence-electron chi connectivity index (χ2n) is 8.33. The number of fused-ring (bicyclic) bond motifs is 1. The van der Waals surface area contributed by atoms with Gasteiger partial charge in [0.1, 0.15) is 42.0 Å². The number of ether oxygens (including phenoxy) is 2. The van der Waals surface area contributed by atoms with E-state index in [-0.39, 0.29) is 6.42 Å². The molecule has 186 valence electrons. The molecule has 5 aromatic rings. The monoisotopic (exact) mass is 495 g/mol. The summed E-state index contributed by atoms with van der Waals surface area (Å²) in [5.41, 5.74) is 9.09. The third-order valence-corrected chi connectivity index (χ3v) is 5.73. The Hall–Kier alpha value is -4.76. The van der Waals surface area contributed by atoms with Crippen LogP contribution >= 0.6 is 0 Å². The molecular weight excluding hydrogens is 470 g/mol. The number of pyridine rings is 1. The quantitative estimate of drug-likeness (QED) is 0.281. The number of nitrogens with zero attached hydrogens (tertiary/aromatic N) is 3. The van der Waals surface area contributed by atoms with Gasteiger partial charge in [0.25, 0.3) is 0 Å². The van der Waals surface area contributed by atoms with Crippen molar-refractivity contribution in [3.8, 4) is 17.2 Å². The fourth-order valence-corrected chi connectivity index (χ4v) is 3.78. The van der Waals surface area contributed by atoms with Crippen molar-refractivity contribution < 1.29 is 18.7 Å². The summed E-state index contributed by atoms with van der Waals surface area (Å²) in [6.45, 7) is 0.503. The molecule has 0 bridgehead atoms. The predicted octanol–water partition coefficient (Wildman–Crippen LogP) is 4.65. The molecule has 9 heteroatoms. The molecule has 0 aliphatic heterocycles. The van der Waals surface area contributed by atoms with Crippen molar-refractivity contribution in [2.24, 2.45) is 5.73 Å². The molecule has 0 saturated heterocycles. The summed E-state index contributed by atoms with van der Waals surface area (Å²) in [5.74, 6) is 2.02. The smallest absolute Gasteiger partial charge is 0.323 e. The average molecular weight is 496 g/mol. The van der Waals surface area contributed by atoms with Crippen LogP contribution in [0, 0.1) is 0 Å². The van der Waals surface area contributed by atoms with E-state index >= 15 is 0 Å². The van der Waals surface area contributed by atoms with Gasteiger partial charge in [-0.2, -0.15) is 0 Å². The van der Waals surface area contributed by atoms with Gasteiger partial charge in [-0.3, -0.25) is 9.78 Å². The normalized spacial score (nSPS) is 11.7. The summed E-state index contributed by atoms with van der Waals surface area (Å²) in [6.07, 6.45) is 3.38. The molecule has 2 aromatic carbocycles. The Morgan fingerprint density at radius 1 is 1.03 bits per heavy atom. The zero-order valence-electron chi connectivity index (χ0n) is 20.1. The minimum absolute atomic E-state index is 0.223. The van der Waals surface area contributed by atoms with Crippen molar-refractivity contribution >= 4 is 28.4 Å². The number of hydrogen-bond donors (Lipinski definition) is 2. The van der Waals surface area contributed by atoms with Crippen LogP contribution in [-0.2, 0) is 22.6 Å². The largest absolute Gasteiger partial charge is 0.489 e. The first-order valence-electron chi connectivity index (χ1n) is 11.7. The SMILES string of the molecule is COC(=O)C(N)Cc1ccc(-c2cc3c(Nc4ccc(OCc5ccccc5)cc4)ncnc3cn2)o1. The Morgan fingerprint density at radius 2 is 1.84 bits per heavy atom. The molecule has 37 heavy (non-hydrogen) atoms. The zero-order valence-corrected chi connectivity index (χ0v) is 20.1. The topological polar surface area (TPSA) is 125 Å². The van der Waals surface area contributed by atoms with E-state index in [1.165, 1.54) is 13.4 Å². The summed E-state index contributed by atoms with van der Waals surface area (Å²) in [6, 6.07) is 22.3. The van der Waals surface area contributed by atoms with Gasteiger partial charge >= 0.3 is 5.97 Å². The lowest BCUT2D eigenvalue weighted by molar-refractivity contribution is -0.142. The maximum absolute atomic E-state index is 11.6. The molecule has 0 fully saturated rings. The highest BCUT2D eigenvalue weighted by Gasteiger charge is 2.17. The van der Waals surface area contributed by atoms with Crippen molar-refractivity contribution in [2.45, 2.75) is 19.1 Å². The van der Waals surface area contributed by atoms with E-state index in [1.807, 2.05) is 60.7 Å². The van der Waals surface area contributed by atoms with Gasteiger partial charge in [-0.25, -0.2) is 9.97 Å². The maximum atomic E-state index is 11.6. The highest BCUT2D eigenvalue weighted by Crippen LogP contribution is 2.29. The first-order valence-corrected chi connectivity index (χ1v) is 11.7. The fraction of sp³-hybridized carbons (Fsp3) is 0.143. The number of carbonyl (C=O) groups excluding carboxylic acids is 1. The maximum Gasteiger partial charge on any atom is 0.323 e. The van der Waals surface area contributed by atoms with Crippen LogP contribution in [0.2, 0.25) is 0 Å². The minimum atomic E-state index is -0.798. The third kappa shape index (κ3) is 5.74. The van der Waals surface area contributed by atoms with Crippen LogP contribution in [0.3, 0.4) is 0 Å². The average Bonchev–Trinajstić information content (AvgIpc) is 3.41. The first kappa shape index (κ1) is 24.0. The predicted molar refractivity (Wildman–Crippen MR) is 139 cm³/mol. The summed E-state index contributed by atoms with van der Waals surface area (Å²) in [7, 11) is 1.30. The van der Waals surface area contributed by atoms with Crippen molar-refractivity contribution in [3.63, 3.8) is 0 Å². The van der Waals surface area contributed by atoms with Crippen LogP contribution in [0.4, 0.5) is 11.5 Å². The molecule has 3 aromatic heterocycles. The van der Waals surface area contributed by atoms with E-state index in [4.69, 9.17) is 14.9 Å². The molecule has 0 saturated carbocycles. The standard InChI is InChI=1S/C28H25N5O4/c1-35-28(34)23(29)13-21-11-12-26(37-21)24-14-22-25(15-30-24)31-17-32-27(22)33-19-7-9-20(10-8-19)36-16-18-5-3-2-4-6-18/h2-12,14-15,17,23H,13,16,29H2,1H3,(H,31,32,33). The van der Waals surface area contributed by atoms with E-state index in [0.29, 0.717) is 35.2 Å². The Labute approximate surface area is 213 Å². The Bertz CT molecular complexity index is 1500. The second-order valence-corrected chi connectivity index (χ2v) is 8.33. The molecule has 9 nitrogen and oxygen atoms in total. The van der Waals surface area contributed by atoms with Crippen molar-refractivity contribution in [2.75, 3.05) is 12.4 Å². The van der Waals surface area contributed by atoms with E-state index in [0.717, 1.165) is 22.4 Å². The molecule has 3 N–H and O–H groups in total. The van der Waals surface area contributed by atoms with E-state index < -0.39 is 12.0 Å². The number of nitrogens with two attached hydrogens (primary N) is 1. The van der Waals surface area contributed by atoms with Crippen LogP contribution in [0.15, 0.2) is 89.7 Å². The van der Waals surface area contributed by atoms with Crippen LogP contribution in [0.1, 0.15) is 11.3 Å². The van der Waals surface area contributed by atoms with E-state index in [1.54, 1.807) is 18.3 Å². The Balaban J connectivity index is 1.32. The van der Waals surface area contributed by atoms with Crippen LogP contribution in [0.5, 0.6) is 5.75 Å². The van der Waals surface area contributed by atoms with E-state index in [9.17, 15) is 4.79 Å². The number of benzene rings is 2. The number of carbonyl (C=O) groups is 1. The highest BCUT2D eigenvalue weighted by molar-refractivity contribution is 5.92. The van der Waals surface area contributed by atoms with Crippen molar-refractivity contribution in [1.29, 1.82) is 0 Å². The summed E-state index contributed by atoms with van der Waals surface area (Å²) < 4.78 is 16.4. The fourth-order valence-electron chi connectivity index (χ4n) is 3.78. The van der Waals surface area contributed by atoms with Gasteiger partial charge in [0, 0.05) is 17.5 Å². The van der Waals surface area contributed by atoms with Gasteiger partial charge in [-0.15, -0.1) is 0 Å². The van der Waals surface area contributed by atoms with Gasteiger partial charge in [-0.05, 0) is 48.0 Å². The lowest BCUT2D eigenvalue weighted by atomic mass is 10.2. The van der Waals surface area contributed by atoms with Gasteiger partial charge in [0.15, 0.2) is 5.76 Å². The second kappa shape index (κ2) is 10.9. The van der Waals surface area contributed by atoms with E-state index in [2.05, 4.69) is 25.0 Å². The molecule has 0 spiro atoms. The van der Waals surface area contributed by atoms with Crippen molar-refractivity contribution in [3.05, 3.63) is 96.6 Å². The molecule has 0 aliphatic carbocycles. The lowest BCUT2D eigenvalue weighted by Gasteiger charge is -2.10. The van der Waals surface area contributed by atoms with Crippen LogP contribution in [-0.4, -0.2) is 34.1 Å². The molecule has 0 aliphatic rings. The summed E-state index contributed by atoms with van der Waals surface area (Å²) in [4.78, 5) is 24.8. The van der Waals surface area contributed by atoms with Gasteiger partial charge < -0.3 is 24.9 Å². The Kier molecular flexibility index (Phi) is 7.05. The van der Waals surface area contributed by atoms with Crippen LogP contribution in [0.25, 0.3) is 22.4 Å². The van der Waals surface area contributed by atoms with Gasteiger partial charge in [0.05, 0.1) is 18.8 Å². The summed E-state index contributed by atoms with van der Waals surface area (Å²) >= 11 is 0. The molecular formula is C28H25N5O4. The molecule has 0 radical (unpaired) electrons. The number of nitrogens with one attached hydrogen (secondary N) is 1. The zero-order chi connectivity index (χ0) is 25.6. The molecule has 1 unspecified atom stereocenters.